The summed E-state index contributed by atoms with van der Waals surface area (Å²) in [4.78, 5) is 1.38. The van der Waals surface area contributed by atoms with Crippen molar-refractivity contribution in [3.05, 3.63) is 29.3 Å². The second-order valence-electron chi connectivity index (χ2n) is 3.28. The quantitative estimate of drug-likeness (QED) is 0.662. The standard InChI is InChI=1S/C10H13NS/c1-7-2-3-8-9(11)4-5-12-10(8)6-7/h2-3,6,9H,4-5,11H2,1H3. The van der Waals surface area contributed by atoms with Crippen LogP contribution < -0.4 is 5.73 Å². The zero-order valence-corrected chi connectivity index (χ0v) is 8.03. The average Bonchev–Trinajstić information content (AvgIpc) is 2.04. The minimum Gasteiger partial charge on any atom is -0.324 e. The Morgan fingerprint density at radius 2 is 2.33 bits per heavy atom. The predicted octanol–water partition coefficient (Wildman–Crippen LogP) is 2.49. The van der Waals surface area contributed by atoms with Crippen LogP contribution in [0.2, 0.25) is 0 Å². The lowest BCUT2D eigenvalue weighted by Crippen LogP contribution is -2.15. The van der Waals surface area contributed by atoms with Gasteiger partial charge in [-0.15, -0.1) is 11.8 Å². The third-order valence-electron chi connectivity index (χ3n) is 2.25. The molecule has 1 aromatic rings. The topological polar surface area (TPSA) is 26.0 Å². The van der Waals surface area contributed by atoms with Crippen molar-refractivity contribution in [2.24, 2.45) is 5.73 Å². The molecule has 1 nitrogen and oxygen atoms in total. The Balaban J connectivity index is 2.46. The highest BCUT2D eigenvalue weighted by atomic mass is 32.2. The van der Waals surface area contributed by atoms with Gasteiger partial charge in [0.1, 0.15) is 0 Å². The Labute approximate surface area is 77.3 Å². The van der Waals surface area contributed by atoms with E-state index in [9.17, 15) is 0 Å². The second kappa shape index (κ2) is 3.11. The first-order chi connectivity index (χ1) is 5.77. The average molecular weight is 179 g/mol. The van der Waals surface area contributed by atoms with Crippen molar-refractivity contribution >= 4 is 11.8 Å². The highest BCUT2D eigenvalue weighted by molar-refractivity contribution is 7.99. The molecule has 0 amide bonds. The number of aryl methyl sites for hydroxylation is 1. The van der Waals surface area contributed by atoms with Crippen molar-refractivity contribution in [2.45, 2.75) is 24.3 Å². The molecule has 2 N–H and O–H groups in total. The normalized spacial score (nSPS) is 22.0. The lowest BCUT2D eigenvalue weighted by Gasteiger charge is -2.21. The number of hydrogen-bond donors (Lipinski definition) is 1. The van der Waals surface area contributed by atoms with E-state index in [2.05, 4.69) is 25.1 Å². The van der Waals surface area contributed by atoms with Crippen LogP contribution in [0.4, 0.5) is 0 Å². The Hall–Kier alpha value is -0.470. The van der Waals surface area contributed by atoms with Gasteiger partial charge in [0, 0.05) is 10.9 Å². The van der Waals surface area contributed by atoms with Crippen molar-refractivity contribution in [3.63, 3.8) is 0 Å². The van der Waals surface area contributed by atoms with Gasteiger partial charge in [-0.05, 0) is 36.3 Å². The van der Waals surface area contributed by atoms with E-state index in [1.807, 2.05) is 11.8 Å². The molecule has 0 saturated heterocycles. The number of benzene rings is 1. The van der Waals surface area contributed by atoms with E-state index in [0.717, 1.165) is 12.2 Å². The molecule has 0 saturated carbocycles. The molecule has 0 aliphatic carbocycles. The zero-order valence-electron chi connectivity index (χ0n) is 7.21. The number of thioether (sulfide) groups is 1. The molecule has 1 aromatic carbocycles. The van der Waals surface area contributed by atoms with E-state index in [1.165, 1.54) is 16.0 Å². The summed E-state index contributed by atoms with van der Waals surface area (Å²) in [5, 5.41) is 0. The molecule has 0 spiro atoms. The summed E-state index contributed by atoms with van der Waals surface area (Å²) in [5.41, 5.74) is 8.64. The Morgan fingerprint density at radius 3 is 3.17 bits per heavy atom. The fourth-order valence-corrected chi connectivity index (χ4v) is 2.77. The van der Waals surface area contributed by atoms with Gasteiger partial charge in [-0.1, -0.05) is 12.1 Å². The van der Waals surface area contributed by atoms with E-state index in [1.54, 1.807) is 0 Å². The van der Waals surface area contributed by atoms with Crippen molar-refractivity contribution in [1.29, 1.82) is 0 Å². The molecule has 0 bridgehead atoms. The Morgan fingerprint density at radius 1 is 1.50 bits per heavy atom. The maximum absolute atomic E-state index is 5.98. The first kappa shape index (κ1) is 8.14. The van der Waals surface area contributed by atoms with Crippen molar-refractivity contribution in [3.8, 4) is 0 Å². The Bertz CT molecular complexity index is 296. The van der Waals surface area contributed by atoms with E-state index in [-0.39, 0.29) is 6.04 Å². The lowest BCUT2D eigenvalue weighted by molar-refractivity contribution is 0.680. The molecule has 12 heavy (non-hydrogen) atoms. The number of rotatable bonds is 0. The smallest absolute Gasteiger partial charge is 0.0314 e. The van der Waals surface area contributed by atoms with E-state index < -0.39 is 0 Å². The molecule has 1 unspecified atom stereocenters. The molecule has 1 atom stereocenters. The van der Waals surface area contributed by atoms with Gasteiger partial charge in [-0.25, -0.2) is 0 Å². The van der Waals surface area contributed by atoms with Gasteiger partial charge in [0.15, 0.2) is 0 Å². The van der Waals surface area contributed by atoms with Crippen LogP contribution >= 0.6 is 11.8 Å². The summed E-state index contributed by atoms with van der Waals surface area (Å²) in [6.45, 7) is 2.13. The van der Waals surface area contributed by atoms with Crippen molar-refractivity contribution in [2.75, 3.05) is 5.75 Å². The van der Waals surface area contributed by atoms with Crippen LogP contribution in [0.1, 0.15) is 23.6 Å². The Kier molecular flexibility index (Phi) is 2.11. The lowest BCUT2D eigenvalue weighted by atomic mass is 10.0. The van der Waals surface area contributed by atoms with Crippen LogP contribution in [0.25, 0.3) is 0 Å². The van der Waals surface area contributed by atoms with E-state index >= 15 is 0 Å². The molecule has 1 aliphatic heterocycles. The van der Waals surface area contributed by atoms with E-state index in [4.69, 9.17) is 5.73 Å². The summed E-state index contributed by atoms with van der Waals surface area (Å²) in [6.07, 6.45) is 1.11. The largest absolute Gasteiger partial charge is 0.324 e. The number of hydrogen-bond acceptors (Lipinski definition) is 2. The van der Waals surface area contributed by atoms with Gasteiger partial charge < -0.3 is 5.73 Å². The van der Waals surface area contributed by atoms with E-state index in [0.29, 0.717) is 0 Å². The second-order valence-corrected chi connectivity index (χ2v) is 4.42. The number of nitrogens with two attached hydrogens (primary N) is 1. The molecule has 1 aliphatic rings. The summed E-state index contributed by atoms with van der Waals surface area (Å²) in [7, 11) is 0. The fourth-order valence-electron chi connectivity index (χ4n) is 1.52. The monoisotopic (exact) mass is 179 g/mol. The van der Waals surface area contributed by atoms with Crippen LogP contribution in [0.15, 0.2) is 23.1 Å². The van der Waals surface area contributed by atoms with Gasteiger partial charge in [0.25, 0.3) is 0 Å². The van der Waals surface area contributed by atoms with Gasteiger partial charge in [-0.2, -0.15) is 0 Å². The maximum atomic E-state index is 5.98. The molecule has 2 rings (SSSR count). The molecule has 2 heteroatoms. The van der Waals surface area contributed by atoms with Crippen molar-refractivity contribution < 1.29 is 0 Å². The van der Waals surface area contributed by atoms with Gasteiger partial charge >= 0.3 is 0 Å². The third-order valence-corrected chi connectivity index (χ3v) is 3.36. The van der Waals surface area contributed by atoms with Crippen LogP contribution in [-0.2, 0) is 0 Å². The van der Waals surface area contributed by atoms with Crippen LogP contribution in [0.5, 0.6) is 0 Å². The molecule has 0 radical (unpaired) electrons. The third kappa shape index (κ3) is 1.37. The van der Waals surface area contributed by atoms with Crippen molar-refractivity contribution in [1.82, 2.24) is 0 Å². The molecule has 1 heterocycles. The fraction of sp³-hybridized carbons (Fsp3) is 0.400. The molecular weight excluding hydrogens is 166 g/mol. The van der Waals surface area contributed by atoms with Gasteiger partial charge in [0.2, 0.25) is 0 Å². The minimum atomic E-state index is 0.266. The molecular formula is C10H13NS. The summed E-state index contributed by atoms with van der Waals surface area (Å²) in [6, 6.07) is 6.81. The summed E-state index contributed by atoms with van der Waals surface area (Å²) < 4.78 is 0. The van der Waals surface area contributed by atoms with Gasteiger partial charge in [0.05, 0.1) is 0 Å². The number of fused-ring (bicyclic) bond motifs is 1. The minimum absolute atomic E-state index is 0.266. The predicted molar refractivity (Wildman–Crippen MR) is 53.4 cm³/mol. The van der Waals surface area contributed by atoms with Crippen LogP contribution in [0, 0.1) is 6.92 Å². The van der Waals surface area contributed by atoms with Crippen LogP contribution in [0.3, 0.4) is 0 Å². The zero-order chi connectivity index (χ0) is 8.55. The first-order valence-corrected chi connectivity index (χ1v) is 5.25. The SMILES string of the molecule is Cc1ccc2c(c1)SCCC2N. The summed E-state index contributed by atoms with van der Waals surface area (Å²) >= 11 is 1.93. The highest BCUT2D eigenvalue weighted by Crippen LogP contribution is 2.35. The van der Waals surface area contributed by atoms with Crippen LogP contribution in [-0.4, -0.2) is 5.75 Å². The van der Waals surface area contributed by atoms with Gasteiger partial charge in [-0.3, -0.25) is 0 Å². The molecule has 0 aromatic heterocycles. The highest BCUT2D eigenvalue weighted by Gasteiger charge is 2.16. The first-order valence-electron chi connectivity index (χ1n) is 4.26. The molecule has 0 fully saturated rings. The molecule has 64 valence electrons. The summed E-state index contributed by atoms with van der Waals surface area (Å²) in [5.74, 6) is 1.16. The maximum Gasteiger partial charge on any atom is 0.0314 e.